The summed E-state index contributed by atoms with van der Waals surface area (Å²) in [7, 11) is 0. The lowest BCUT2D eigenvalue weighted by Gasteiger charge is -2.25. The predicted octanol–water partition coefficient (Wildman–Crippen LogP) is 6.31. The number of hydrogen-bond donors (Lipinski definition) is 2. The van der Waals surface area contributed by atoms with Gasteiger partial charge in [-0.1, -0.05) is 44.2 Å². The molecule has 1 fully saturated rings. The number of halogens is 1. The van der Waals surface area contributed by atoms with Crippen LogP contribution < -0.4 is 10.1 Å². The molecule has 3 rings (SSSR count). The number of carbonyl (C=O) groups excluding carboxylic acids is 1. The molecule has 1 aromatic carbocycles. The van der Waals surface area contributed by atoms with Gasteiger partial charge >= 0.3 is 12.2 Å². The Morgan fingerprint density at radius 3 is 2.67 bits per heavy atom. The number of aliphatic imine (C=N–C) groups is 1. The number of carboxylic acid groups (broad SMARTS) is 1. The summed E-state index contributed by atoms with van der Waals surface area (Å²) in [6.45, 7) is 8.06. The van der Waals surface area contributed by atoms with E-state index in [4.69, 9.17) is 14.0 Å². The number of likely N-dealkylation sites (tertiary alicyclic amines) is 1. The maximum atomic E-state index is 14.7. The molecule has 11 nitrogen and oxygen atoms in total. The molecule has 12 heteroatoms. The van der Waals surface area contributed by atoms with E-state index in [0.29, 0.717) is 31.6 Å². The van der Waals surface area contributed by atoms with Crippen LogP contribution in [0.5, 0.6) is 5.75 Å². The van der Waals surface area contributed by atoms with Gasteiger partial charge in [0, 0.05) is 12.1 Å². The third-order valence-corrected chi connectivity index (χ3v) is 6.01. The van der Waals surface area contributed by atoms with Gasteiger partial charge in [-0.3, -0.25) is 5.32 Å². The summed E-state index contributed by atoms with van der Waals surface area (Å²) in [6, 6.07) is 3.95. The summed E-state index contributed by atoms with van der Waals surface area (Å²) >= 11 is 0. The minimum atomic E-state index is -1.39. The maximum Gasteiger partial charge on any atom is 0.437 e. The van der Waals surface area contributed by atoms with E-state index in [-0.39, 0.29) is 23.4 Å². The Bertz CT molecular complexity index is 1150. The highest BCUT2D eigenvalue weighted by Gasteiger charge is 2.35. The van der Waals surface area contributed by atoms with Gasteiger partial charge in [0.15, 0.2) is 11.6 Å². The lowest BCUT2D eigenvalue weighted by atomic mass is 10.1. The Balaban J connectivity index is 1.68. The molecule has 1 aliphatic heterocycles. The Hall–Kier alpha value is -3.70. The van der Waals surface area contributed by atoms with Crippen molar-refractivity contribution in [3.63, 3.8) is 0 Å². The highest BCUT2D eigenvalue weighted by molar-refractivity contribution is 5.98. The van der Waals surface area contributed by atoms with Gasteiger partial charge in [0.1, 0.15) is 11.6 Å². The molecule has 1 aliphatic rings. The molecule has 1 atom stereocenters. The summed E-state index contributed by atoms with van der Waals surface area (Å²) in [6.07, 6.45) is 5.60. The van der Waals surface area contributed by atoms with Crippen molar-refractivity contribution in [3.8, 4) is 17.1 Å². The van der Waals surface area contributed by atoms with Gasteiger partial charge < -0.3 is 24.0 Å². The van der Waals surface area contributed by atoms with Crippen LogP contribution in [-0.2, 0) is 4.74 Å². The number of rotatable bonds is 10. The molecular formula is C27H38FN5O6. The number of carbonyl (C=O) groups is 2. The minimum Gasteiger partial charge on any atom is -0.491 e. The normalized spacial score (nSPS) is 15.9. The third kappa shape index (κ3) is 9.22. The molecule has 0 bridgehead atoms. The Kier molecular flexibility index (Phi) is 10.6. The fraction of sp³-hybridized carbons (Fsp3) is 0.593. The molecule has 39 heavy (non-hydrogen) atoms. The zero-order valence-electron chi connectivity index (χ0n) is 23.0. The quantitative estimate of drug-likeness (QED) is 0.199. The number of aromatic nitrogens is 2. The first-order valence-corrected chi connectivity index (χ1v) is 13.4. The van der Waals surface area contributed by atoms with E-state index in [2.05, 4.69) is 27.4 Å². The zero-order chi connectivity index (χ0) is 28.4. The van der Waals surface area contributed by atoms with Crippen LogP contribution in [0.15, 0.2) is 27.7 Å². The van der Waals surface area contributed by atoms with Crippen molar-refractivity contribution >= 4 is 18.1 Å². The van der Waals surface area contributed by atoms with Crippen molar-refractivity contribution in [3.05, 3.63) is 29.9 Å². The molecule has 0 saturated carbocycles. The molecule has 2 amide bonds. The van der Waals surface area contributed by atoms with E-state index in [0.717, 1.165) is 19.3 Å². The summed E-state index contributed by atoms with van der Waals surface area (Å²) in [5.41, 5.74) is -0.393. The number of nitrogens with one attached hydrogen (secondary N) is 1. The molecule has 2 aromatic rings. The summed E-state index contributed by atoms with van der Waals surface area (Å²) in [5.74, 6) is -0.187. The summed E-state index contributed by atoms with van der Waals surface area (Å²) in [5, 5.41) is 15.4. The highest BCUT2D eigenvalue weighted by Crippen LogP contribution is 2.33. The predicted molar refractivity (Wildman–Crippen MR) is 142 cm³/mol. The van der Waals surface area contributed by atoms with E-state index in [1.807, 2.05) is 0 Å². The SMILES string of the molecule is CCCCCCCCOc1ccc(-c2noc(C3CCCN3C(=NC(=O)OC(C)(C)C)NC(=O)O)n2)cc1F. The number of guanidine groups is 1. The van der Waals surface area contributed by atoms with Crippen LogP contribution >= 0.6 is 0 Å². The smallest absolute Gasteiger partial charge is 0.437 e. The molecule has 214 valence electrons. The van der Waals surface area contributed by atoms with Crippen molar-refractivity contribution in [1.82, 2.24) is 20.4 Å². The Morgan fingerprint density at radius 2 is 1.97 bits per heavy atom. The van der Waals surface area contributed by atoms with Crippen molar-refractivity contribution in [1.29, 1.82) is 0 Å². The Morgan fingerprint density at radius 1 is 1.23 bits per heavy atom. The number of hydrogen-bond acceptors (Lipinski definition) is 7. The second-order valence-corrected chi connectivity index (χ2v) is 10.4. The second-order valence-electron chi connectivity index (χ2n) is 10.4. The molecule has 2 heterocycles. The minimum absolute atomic E-state index is 0.167. The van der Waals surface area contributed by atoms with Crippen molar-refractivity contribution in [2.45, 2.75) is 90.7 Å². The van der Waals surface area contributed by atoms with Crippen LogP contribution in [0.4, 0.5) is 14.0 Å². The fourth-order valence-electron chi connectivity index (χ4n) is 4.22. The molecule has 1 aromatic heterocycles. The topological polar surface area (TPSA) is 139 Å². The van der Waals surface area contributed by atoms with Gasteiger partial charge in [0.05, 0.1) is 6.61 Å². The van der Waals surface area contributed by atoms with Crippen LogP contribution in [0.1, 0.15) is 91.0 Å². The number of benzene rings is 1. The number of amides is 2. The van der Waals surface area contributed by atoms with Crippen molar-refractivity contribution in [2.24, 2.45) is 4.99 Å². The Labute approximate surface area is 227 Å². The number of unbranched alkanes of at least 4 members (excludes halogenated alkanes) is 5. The van der Waals surface area contributed by atoms with Crippen molar-refractivity contribution in [2.75, 3.05) is 13.2 Å². The van der Waals surface area contributed by atoms with E-state index in [1.165, 1.54) is 25.3 Å². The maximum absolute atomic E-state index is 14.7. The molecule has 2 N–H and O–H groups in total. The molecule has 0 aliphatic carbocycles. The van der Waals surface area contributed by atoms with E-state index >= 15 is 0 Å². The van der Waals surface area contributed by atoms with Crippen molar-refractivity contribution < 1.29 is 33.1 Å². The summed E-state index contributed by atoms with van der Waals surface area (Å²) in [4.78, 5) is 33.5. The first-order chi connectivity index (χ1) is 18.6. The second kappa shape index (κ2) is 13.9. The van der Waals surface area contributed by atoms with Gasteiger partial charge in [0.2, 0.25) is 17.7 Å². The third-order valence-electron chi connectivity index (χ3n) is 6.01. The van der Waals surface area contributed by atoms with E-state index < -0.39 is 29.6 Å². The number of ether oxygens (including phenoxy) is 2. The van der Waals surface area contributed by atoms with Gasteiger partial charge in [-0.2, -0.15) is 4.98 Å². The standard InChI is InChI=1S/C27H38FN5O6/c1-5-6-7-8-9-10-16-37-21-14-13-18(17-19(21)28)22-29-23(39-32-22)20-12-11-15-33(20)24(30-25(34)35)31-26(36)38-27(2,3)4/h13-14,17,20H,5-12,15-16H2,1-4H3,(H,34,35)(H,30,31,36). The van der Waals surface area contributed by atoms with Crippen LogP contribution in [0, 0.1) is 5.82 Å². The fourth-order valence-corrected chi connectivity index (χ4v) is 4.22. The molecule has 0 radical (unpaired) electrons. The zero-order valence-corrected chi connectivity index (χ0v) is 23.0. The highest BCUT2D eigenvalue weighted by atomic mass is 19.1. The lowest BCUT2D eigenvalue weighted by molar-refractivity contribution is 0.0600. The molecule has 1 unspecified atom stereocenters. The van der Waals surface area contributed by atoms with E-state index in [9.17, 15) is 19.1 Å². The number of nitrogens with zero attached hydrogens (tertiary/aromatic N) is 4. The van der Waals surface area contributed by atoms with Crippen LogP contribution in [0.2, 0.25) is 0 Å². The first kappa shape index (κ1) is 29.9. The van der Waals surface area contributed by atoms with Crippen LogP contribution in [0.3, 0.4) is 0 Å². The van der Waals surface area contributed by atoms with Gasteiger partial charge in [-0.05, 0) is 58.2 Å². The monoisotopic (exact) mass is 547 g/mol. The summed E-state index contributed by atoms with van der Waals surface area (Å²) < 4.78 is 31.0. The molecular weight excluding hydrogens is 509 g/mol. The van der Waals surface area contributed by atoms with Gasteiger partial charge in [-0.15, -0.1) is 4.99 Å². The average molecular weight is 548 g/mol. The molecule has 0 spiro atoms. The molecule has 1 saturated heterocycles. The van der Waals surface area contributed by atoms with Gasteiger partial charge in [-0.25, -0.2) is 14.0 Å². The van der Waals surface area contributed by atoms with Crippen LogP contribution in [-0.4, -0.2) is 57.0 Å². The van der Waals surface area contributed by atoms with Gasteiger partial charge in [0.25, 0.3) is 0 Å². The average Bonchev–Trinajstić information content (AvgIpc) is 3.52. The lowest BCUT2D eigenvalue weighted by Crippen LogP contribution is -2.44. The first-order valence-electron chi connectivity index (χ1n) is 13.4. The van der Waals surface area contributed by atoms with E-state index in [1.54, 1.807) is 37.8 Å². The largest absolute Gasteiger partial charge is 0.491 e. The van der Waals surface area contributed by atoms with Crippen LogP contribution in [0.25, 0.3) is 11.4 Å².